The molecule has 3 rings (SSSR count). The van der Waals surface area contributed by atoms with Gasteiger partial charge < -0.3 is 10.1 Å². The van der Waals surface area contributed by atoms with Crippen molar-refractivity contribution in [3.8, 4) is 5.75 Å². The summed E-state index contributed by atoms with van der Waals surface area (Å²) < 4.78 is 60.9. The highest BCUT2D eigenvalue weighted by molar-refractivity contribution is 5.33. The molecule has 206 valence electrons. The SMILES string of the molecule is CCC(C)C(CC(C)Cc1c(F)cccc1C(F)(F)F)c1cccc(OCCNCc2ccc(C)cc2)c1. The largest absolute Gasteiger partial charge is 0.492 e. The van der Waals surface area contributed by atoms with Crippen LogP contribution in [0.1, 0.15) is 67.3 Å². The first-order valence-electron chi connectivity index (χ1n) is 13.4. The van der Waals surface area contributed by atoms with Gasteiger partial charge in [0.1, 0.15) is 18.2 Å². The van der Waals surface area contributed by atoms with E-state index in [1.807, 2.05) is 25.1 Å². The second kappa shape index (κ2) is 13.8. The van der Waals surface area contributed by atoms with Crippen LogP contribution in [0.15, 0.2) is 66.7 Å². The molecule has 3 atom stereocenters. The van der Waals surface area contributed by atoms with Gasteiger partial charge in [0, 0.05) is 18.7 Å². The quantitative estimate of drug-likeness (QED) is 0.177. The molecule has 3 aromatic carbocycles. The van der Waals surface area contributed by atoms with Gasteiger partial charge >= 0.3 is 6.18 Å². The number of halogens is 4. The summed E-state index contributed by atoms with van der Waals surface area (Å²) in [6, 6.07) is 19.6. The van der Waals surface area contributed by atoms with E-state index in [9.17, 15) is 17.6 Å². The Bertz CT molecular complexity index is 1140. The summed E-state index contributed by atoms with van der Waals surface area (Å²) in [5.41, 5.74) is 2.43. The average Bonchev–Trinajstić information content (AvgIpc) is 2.88. The molecule has 0 saturated heterocycles. The van der Waals surface area contributed by atoms with Gasteiger partial charge in [-0.15, -0.1) is 0 Å². The van der Waals surface area contributed by atoms with E-state index in [1.54, 1.807) is 0 Å². The van der Waals surface area contributed by atoms with E-state index in [0.29, 0.717) is 25.5 Å². The van der Waals surface area contributed by atoms with Crippen molar-refractivity contribution in [2.45, 2.75) is 65.6 Å². The predicted molar refractivity (Wildman–Crippen MR) is 146 cm³/mol. The summed E-state index contributed by atoms with van der Waals surface area (Å²) in [7, 11) is 0. The van der Waals surface area contributed by atoms with E-state index in [-0.39, 0.29) is 23.8 Å². The monoisotopic (exact) mass is 529 g/mol. The lowest BCUT2D eigenvalue weighted by Crippen LogP contribution is -2.20. The first-order chi connectivity index (χ1) is 18.1. The van der Waals surface area contributed by atoms with Crippen LogP contribution in [-0.4, -0.2) is 13.2 Å². The molecule has 0 saturated carbocycles. The Hall–Kier alpha value is -2.86. The minimum atomic E-state index is -4.58. The van der Waals surface area contributed by atoms with Gasteiger partial charge in [-0.3, -0.25) is 0 Å². The summed E-state index contributed by atoms with van der Waals surface area (Å²) in [6.45, 7) is 10.2. The zero-order valence-corrected chi connectivity index (χ0v) is 22.7. The maximum absolute atomic E-state index is 14.4. The van der Waals surface area contributed by atoms with Crippen molar-refractivity contribution in [1.29, 1.82) is 0 Å². The van der Waals surface area contributed by atoms with Gasteiger partial charge in [-0.2, -0.15) is 13.2 Å². The van der Waals surface area contributed by atoms with E-state index in [1.165, 1.54) is 11.1 Å². The first kappa shape index (κ1) is 29.7. The van der Waals surface area contributed by atoms with E-state index in [4.69, 9.17) is 4.74 Å². The van der Waals surface area contributed by atoms with Crippen LogP contribution in [0.5, 0.6) is 5.75 Å². The molecular weight excluding hydrogens is 490 g/mol. The van der Waals surface area contributed by atoms with Crippen LogP contribution in [0.3, 0.4) is 0 Å². The van der Waals surface area contributed by atoms with Crippen LogP contribution >= 0.6 is 0 Å². The second-order valence-corrected chi connectivity index (χ2v) is 10.4. The Morgan fingerprint density at radius 3 is 2.34 bits per heavy atom. The Morgan fingerprint density at radius 2 is 1.66 bits per heavy atom. The van der Waals surface area contributed by atoms with Crippen molar-refractivity contribution in [3.05, 3.63) is 100 Å². The van der Waals surface area contributed by atoms with Gasteiger partial charge in [0.2, 0.25) is 0 Å². The number of aryl methyl sites for hydroxylation is 1. The smallest absolute Gasteiger partial charge is 0.416 e. The highest BCUT2D eigenvalue weighted by Gasteiger charge is 2.35. The molecule has 6 heteroatoms. The zero-order chi connectivity index (χ0) is 27.7. The Kier molecular flexibility index (Phi) is 10.8. The van der Waals surface area contributed by atoms with Crippen LogP contribution in [0.2, 0.25) is 0 Å². The van der Waals surface area contributed by atoms with E-state index in [0.717, 1.165) is 42.5 Å². The van der Waals surface area contributed by atoms with Gasteiger partial charge in [0.25, 0.3) is 0 Å². The van der Waals surface area contributed by atoms with Crippen molar-refractivity contribution in [1.82, 2.24) is 5.32 Å². The third-order valence-electron chi connectivity index (χ3n) is 7.25. The molecule has 3 aromatic rings. The van der Waals surface area contributed by atoms with E-state index < -0.39 is 17.6 Å². The summed E-state index contributed by atoms with van der Waals surface area (Å²) in [5, 5.41) is 3.39. The molecular formula is C32H39F4NO. The van der Waals surface area contributed by atoms with Gasteiger partial charge in [-0.05, 0) is 72.9 Å². The molecule has 0 aliphatic heterocycles. The second-order valence-electron chi connectivity index (χ2n) is 10.4. The molecule has 0 fully saturated rings. The van der Waals surface area contributed by atoms with Gasteiger partial charge in [-0.1, -0.05) is 75.2 Å². The Labute approximate surface area is 224 Å². The van der Waals surface area contributed by atoms with Crippen LogP contribution in [-0.2, 0) is 19.1 Å². The Morgan fingerprint density at radius 1 is 0.947 bits per heavy atom. The van der Waals surface area contributed by atoms with Crippen LogP contribution < -0.4 is 10.1 Å². The molecule has 0 heterocycles. The number of nitrogens with one attached hydrogen (secondary N) is 1. The molecule has 0 aliphatic rings. The van der Waals surface area contributed by atoms with Gasteiger partial charge in [0.15, 0.2) is 0 Å². The average molecular weight is 530 g/mol. The molecule has 0 radical (unpaired) electrons. The number of alkyl halides is 3. The highest BCUT2D eigenvalue weighted by Crippen LogP contribution is 2.38. The number of benzene rings is 3. The lowest BCUT2D eigenvalue weighted by molar-refractivity contribution is -0.138. The van der Waals surface area contributed by atoms with E-state index >= 15 is 0 Å². The van der Waals surface area contributed by atoms with Crippen LogP contribution in [0.25, 0.3) is 0 Å². The normalized spacial score (nSPS) is 14.2. The third-order valence-corrected chi connectivity index (χ3v) is 7.25. The fourth-order valence-corrected chi connectivity index (χ4v) is 4.89. The maximum atomic E-state index is 14.4. The molecule has 1 N–H and O–H groups in total. The topological polar surface area (TPSA) is 21.3 Å². The number of rotatable bonds is 13. The summed E-state index contributed by atoms with van der Waals surface area (Å²) >= 11 is 0. The van der Waals surface area contributed by atoms with Crippen molar-refractivity contribution < 1.29 is 22.3 Å². The molecule has 2 nitrogen and oxygen atoms in total. The first-order valence-corrected chi connectivity index (χ1v) is 13.4. The molecule has 0 amide bonds. The minimum absolute atomic E-state index is 0.0390. The number of ether oxygens (including phenoxy) is 1. The van der Waals surface area contributed by atoms with Crippen LogP contribution in [0, 0.1) is 24.6 Å². The molecule has 0 bridgehead atoms. The highest BCUT2D eigenvalue weighted by atomic mass is 19.4. The molecule has 0 aromatic heterocycles. The number of hydrogen-bond donors (Lipinski definition) is 1. The fraction of sp³-hybridized carbons (Fsp3) is 0.438. The van der Waals surface area contributed by atoms with Crippen LogP contribution in [0.4, 0.5) is 17.6 Å². The molecule has 38 heavy (non-hydrogen) atoms. The lowest BCUT2D eigenvalue weighted by Gasteiger charge is -2.27. The third kappa shape index (κ3) is 8.59. The van der Waals surface area contributed by atoms with Crippen molar-refractivity contribution >= 4 is 0 Å². The molecule has 0 spiro atoms. The minimum Gasteiger partial charge on any atom is -0.492 e. The maximum Gasteiger partial charge on any atom is 0.416 e. The van der Waals surface area contributed by atoms with Crippen molar-refractivity contribution in [3.63, 3.8) is 0 Å². The zero-order valence-electron chi connectivity index (χ0n) is 22.7. The summed E-state index contributed by atoms with van der Waals surface area (Å²) in [6.07, 6.45) is -2.95. The summed E-state index contributed by atoms with van der Waals surface area (Å²) in [5.74, 6) is 0.278. The molecule has 3 unspecified atom stereocenters. The Balaban J connectivity index is 1.62. The van der Waals surface area contributed by atoms with Crippen molar-refractivity contribution in [2.24, 2.45) is 11.8 Å². The fourth-order valence-electron chi connectivity index (χ4n) is 4.89. The summed E-state index contributed by atoms with van der Waals surface area (Å²) in [4.78, 5) is 0. The standard InChI is InChI=1S/C32H39F4NO/c1-5-24(4)28(18-23(3)19-29-30(32(34,35)36)10-7-11-31(29)33)26-8-6-9-27(20-26)38-17-16-37-21-25-14-12-22(2)13-15-25/h6-15,20,23-24,28,37H,5,16-19,21H2,1-4H3. The predicted octanol–water partition coefficient (Wildman–Crippen LogP) is 8.72. The van der Waals surface area contributed by atoms with E-state index in [2.05, 4.69) is 56.4 Å². The van der Waals surface area contributed by atoms with Gasteiger partial charge in [-0.25, -0.2) is 4.39 Å². The molecule has 0 aliphatic carbocycles. The number of hydrogen-bond acceptors (Lipinski definition) is 2. The van der Waals surface area contributed by atoms with Gasteiger partial charge in [0.05, 0.1) is 5.56 Å². The van der Waals surface area contributed by atoms with Crippen molar-refractivity contribution in [2.75, 3.05) is 13.2 Å². The lowest BCUT2D eigenvalue weighted by atomic mass is 9.78.